The molecule has 2 aromatic rings. The van der Waals surface area contributed by atoms with Crippen molar-refractivity contribution in [2.75, 3.05) is 5.32 Å². The molecule has 1 N–H and O–H groups in total. The maximum atomic E-state index is 6.22. The first-order chi connectivity index (χ1) is 11.5. The highest BCUT2D eigenvalue weighted by Crippen LogP contribution is 2.38. The van der Waals surface area contributed by atoms with Gasteiger partial charge in [-0.2, -0.15) is 0 Å². The van der Waals surface area contributed by atoms with Crippen LogP contribution in [0.2, 0.25) is 0 Å². The minimum atomic E-state index is -0.755. The molecule has 0 spiro atoms. The first-order valence-corrected chi connectivity index (χ1v) is 8.38. The standard InChI is InChI=1S/C20H25NO3/c1-14(2)18-22-19(21-17-13-9-8-10-15(17)3)20(4,24-23-18)16-11-6-5-7-12-16/h5-14,18-19,21H,1-4H3/t18-,19+,20-/m0/s1. The van der Waals surface area contributed by atoms with Crippen LogP contribution in [0.4, 0.5) is 5.69 Å². The third kappa shape index (κ3) is 3.31. The van der Waals surface area contributed by atoms with Crippen molar-refractivity contribution in [3.63, 3.8) is 0 Å². The van der Waals surface area contributed by atoms with Gasteiger partial charge in [0, 0.05) is 11.6 Å². The summed E-state index contributed by atoms with van der Waals surface area (Å²) < 4.78 is 6.22. The Morgan fingerprint density at radius 2 is 1.67 bits per heavy atom. The number of hydrogen-bond donors (Lipinski definition) is 1. The Kier molecular flexibility index (Phi) is 4.90. The van der Waals surface area contributed by atoms with Crippen molar-refractivity contribution >= 4 is 5.69 Å². The van der Waals surface area contributed by atoms with Crippen molar-refractivity contribution < 1.29 is 14.5 Å². The van der Waals surface area contributed by atoms with Gasteiger partial charge in [0.05, 0.1) is 0 Å². The molecule has 0 radical (unpaired) electrons. The Balaban J connectivity index is 1.93. The lowest BCUT2D eigenvalue weighted by Crippen LogP contribution is -2.54. The molecule has 0 amide bonds. The highest BCUT2D eigenvalue weighted by Gasteiger charge is 2.46. The van der Waals surface area contributed by atoms with Crippen molar-refractivity contribution in [2.24, 2.45) is 5.92 Å². The van der Waals surface area contributed by atoms with Crippen LogP contribution in [0.25, 0.3) is 0 Å². The smallest absolute Gasteiger partial charge is 0.196 e. The molecule has 1 aliphatic rings. The number of para-hydroxylation sites is 1. The van der Waals surface area contributed by atoms with Crippen LogP contribution in [0, 0.1) is 12.8 Å². The van der Waals surface area contributed by atoms with E-state index in [1.807, 2.05) is 69.3 Å². The Labute approximate surface area is 143 Å². The molecular formula is C20H25NO3. The Hall–Kier alpha value is -1.88. The molecule has 1 saturated heterocycles. The quantitative estimate of drug-likeness (QED) is 0.833. The van der Waals surface area contributed by atoms with E-state index >= 15 is 0 Å². The molecule has 0 saturated carbocycles. The van der Waals surface area contributed by atoms with Gasteiger partial charge >= 0.3 is 0 Å². The third-order valence-electron chi connectivity index (χ3n) is 4.41. The minimum absolute atomic E-state index is 0.187. The van der Waals surface area contributed by atoms with Crippen LogP contribution >= 0.6 is 0 Å². The van der Waals surface area contributed by atoms with Crippen LogP contribution in [0.3, 0.4) is 0 Å². The van der Waals surface area contributed by atoms with E-state index in [0.717, 1.165) is 16.8 Å². The van der Waals surface area contributed by atoms with E-state index in [9.17, 15) is 0 Å². The average molecular weight is 327 g/mol. The lowest BCUT2D eigenvalue weighted by molar-refractivity contribution is -0.494. The van der Waals surface area contributed by atoms with Gasteiger partial charge in [-0.05, 0) is 31.0 Å². The second-order valence-electron chi connectivity index (χ2n) is 6.74. The molecule has 3 rings (SSSR count). The zero-order chi connectivity index (χ0) is 17.2. The summed E-state index contributed by atoms with van der Waals surface area (Å²) in [5.41, 5.74) is 2.43. The molecule has 1 aliphatic heterocycles. The van der Waals surface area contributed by atoms with Gasteiger partial charge in [0.15, 0.2) is 18.1 Å². The molecule has 2 aromatic carbocycles. The zero-order valence-corrected chi connectivity index (χ0v) is 14.7. The van der Waals surface area contributed by atoms with E-state index in [4.69, 9.17) is 14.5 Å². The van der Waals surface area contributed by atoms with Gasteiger partial charge in [0.25, 0.3) is 0 Å². The summed E-state index contributed by atoms with van der Waals surface area (Å²) in [6, 6.07) is 18.2. The van der Waals surface area contributed by atoms with Crippen molar-refractivity contribution in [2.45, 2.75) is 45.8 Å². The summed E-state index contributed by atoms with van der Waals surface area (Å²) in [6.45, 7) is 8.14. The van der Waals surface area contributed by atoms with E-state index in [1.54, 1.807) is 0 Å². The van der Waals surface area contributed by atoms with Gasteiger partial charge in [-0.3, -0.25) is 0 Å². The largest absolute Gasteiger partial charge is 0.357 e. The Morgan fingerprint density at radius 3 is 2.33 bits per heavy atom. The van der Waals surface area contributed by atoms with Crippen molar-refractivity contribution in [1.29, 1.82) is 0 Å². The van der Waals surface area contributed by atoms with Gasteiger partial charge in [0.2, 0.25) is 0 Å². The predicted molar refractivity (Wildman–Crippen MR) is 94.3 cm³/mol. The molecule has 1 fully saturated rings. The van der Waals surface area contributed by atoms with E-state index in [1.165, 1.54) is 0 Å². The van der Waals surface area contributed by atoms with E-state index in [0.29, 0.717) is 0 Å². The summed E-state index contributed by atoms with van der Waals surface area (Å²) in [5.74, 6) is 0.187. The van der Waals surface area contributed by atoms with Crippen molar-refractivity contribution in [3.8, 4) is 0 Å². The fourth-order valence-electron chi connectivity index (χ4n) is 2.76. The maximum absolute atomic E-state index is 6.22. The normalized spacial score (nSPS) is 27.2. The van der Waals surface area contributed by atoms with Crippen molar-refractivity contribution in [1.82, 2.24) is 0 Å². The summed E-state index contributed by atoms with van der Waals surface area (Å²) in [5, 5.41) is 3.50. The van der Waals surface area contributed by atoms with Crippen LogP contribution in [-0.2, 0) is 20.1 Å². The second-order valence-corrected chi connectivity index (χ2v) is 6.74. The first-order valence-electron chi connectivity index (χ1n) is 8.38. The summed E-state index contributed by atoms with van der Waals surface area (Å²) in [4.78, 5) is 11.4. The number of hydrogen-bond acceptors (Lipinski definition) is 4. The second kappa shape index (κ2) is 6.93. The first kappa shape index (κ1) is 17.0. The molecule has 1 heterocycles. The molecule has 128 valence electrons. The van der Waals surface area contributed by atoms with E-state index in [2.05, 4.69) is 18.3 Å². The van der Waals surface area contributed by atoms with E-state index < -0.39 is 11.9 Å². The molecule has 0 aliphatic carbocycles. The van der Waals surface area contributed by atoms with E-state index in [-0.39, 0.29) is 12.1 Å². The Bertz CT molecular complexity index is 674. The monoisotopic (exact) mass is 327 g/mol. The lowest BCUT2D eigenvalue weighted by Gasteiger charge is -2.44. The van der Waals surface area contributed by atoms with Crippen LogP contribution in [0.15, 0.2) is 54.6 Å². The van der Waals surface area contributed by atoms with Gasteiger partial charge in [-0.1, -0.05) is 62.4 Å². The summed E-state index contributed by atoms with van der Waals surface area (Å²) in [7, 11) is 0. The molecule has 0 aromatic heterocycles. The molecular weight excluding hydrogens is 302 g/mol. The zero-order valence-electron chi connectivity index (χ0n) is 14.7. The number of nitrogens with one attached hydrogen (secondary N) is 1. The molecule has 4 nitrogen and oxygen atoms in total. The average Bonchev–Trinajstić information content (AvgIpc) is 2.59. The predicted octanol–water partition coefficient (Wildman–Crippen LogP) is 4.61. The van der Waals surface area contributed by atoms with Gasteiger partial charge < -0.3 is 10.1 Å². The molecule has 24 heavy (non-hydrogen) atoms. The number of aryl methyl sites for hydroxylation is 1. The molecule has 0 bridgehead atoms. The number of benzene rings is 2. The highest BCUT2D eigenvalue weighted by molar-refractivity contribution is 5.51. The molecule has 3 atom stereocenters. The highest BCUT2D eigenvalue weighted by atomic mass is 17.2. The van der Waals surface area contributed by atoms with Crippen molar-refractivity contribution in [3.05, 3.63) is 65.7 Å². The molecule has 4 heteroatoms. The number of ether oxygens (including phenoxy) is 1. The summed E-state index contributed by atoms with van der Waals surface area (Å²) in [6.07, 6.45) is -0.787. The fraction of sp³-hybridized carbons (Fsp3) is 0.400. The minimum Gasteiger partial charge on any atom is -0.357 e. The van der Waals surface area contributed by atoms with Gasteiger partial charge in [-0.15, -0.1) is 0 Å². The molecule has 0 unspecified atom stereocenters. The lowest BCUT2D eigenvalue weighted by atomic mass is 9.93. The van der Waals surface area contributed by atoms with Gasteiger partial charge in [0.1, 0.15) is 0 Å². The third-order valence-corrected chi connectivity index (χ3v) is 4.41. The summed E-state index contributed by atoms with van der Waals surface area (Å²) >= 11 is 0. The van der Waals surface area contributed by atoms with Crippen LogP contribution < -0.4 is 5.32 Å². The maximum Gasteiger partial charge on any atom is 0.196 e. The fourth-order valence-corrected chi connectivity index (χ4v) is 2.76. The Morgan fingerprint density at radius 1 is 1.00 bits per heavy atom. The van der Waals surface area contributed by atoms with Crippen LogP contribution in [-0.4, -0.2) is 12.5 Å². The number of rotatable bonds is 4. The SMILES string of the molecule is Cc1ccccc1N[C@@H]1O[C@H](C(C)C)OO[C@@]1(C)c1ccccc1. The topological polar surface area (TPSA) is 39.7 Å². The van der Waals surface area contributed by atoms with Gasteiger partial charge in [-0.25, -0.2) is 9.78 Å². The number of anilines is 1. The van der Waals surface area contributed by atoms with Crippen LogP contribution in [0.1, 0.15) is 31.9 Å². The van der Waals surface area contributed by atoms with Crippen LogP contribution in [0.5, 0.6) is 0 Å².